The molecule has 144 valence electrons. The lowest BCUT2D eigenvalue weighted by Gasteiger charge is -2.15. The van der Waals surface area contributed by atoms with E-state index >= 15 is 0 Å². The van der Waals surface area contributed by atoms with Crippen molar-refractivity contribution in [2.75, 3.05) is 32.0 Å². The maximum Gasteiger partial charge on any atom is 0.252 e. The molecular weight excluding hydrogens is 354 g/mol. The molecule has 2 N–H and O–H groups in total. The molecule has 1 aromatic carbocycles. The number of methoxy groups -OCH3 is 3. The third-order valence-electron chi connectivity index (χ3n) is 4.15. The minimum atomic E-state index is -0.741. The molecule has 1 atom stereocenters. The fraction of sp³-hybridized carbons (Fsp3) is 0.412. The van der Waals surface area contributed by atoms with E-state index in [1.54, 1.807) is 12.1 Å². The van der Waals surface area contributed by atoms with Gasteiger partial charge in [-0.25, -0.2) is 4.68 Å². The molecule has 27 heavy (non-hydrogen) atoms. The maximum atomic E-state index is 12.5. The Balaban J connectivity index is 1.77. The van der Waals surface area contributed by atoms with E-state index in [1.165, 1.54) is 26.0 Å². The molecule has 3 rings (SSSR count). The Morgan fingerprint density at radius 2 is 1.89 bits per heavy atom. The molecule has 0 bridgehead atoms. The van der Waals surface area contributed by atoms with Crippen LogP contribution in [0.5, 0.6) is 17.2 Å². The molecule has 10 nitrogen and oxygen atoms in total. The first kappa shape index (κ1) is 18.5. The molecule has 10 heteroatoms. The number of benzene rings is 1. The highest BCUT2D eigenvalue weighted by atomic mass is 16.5. The molecule has 0 radical (unpaired) electrons. The van der Waals surface area contributed by atoms with E-state index in [0.29, 0.717) is 41.1 Å². The topological polar surface area (TPSA) is 117 Å². The Labute approximate surface area is 155 Å². The fourth-order valence-electron chi connectivity index (χ4n) is 2.84. The maximum absolute atomic E-state index is 12.5. The van der Waals surface area contributed by atoms with Crippen LogP contribution in [-0.4, -0.2) is 47.9 Å². The number of nitrogens with zero attached hydrogens (tertiary/aromatic N) is 3. The molecule has 0 spiro atoms. The van der Waals surface area contributed by atoms with Crippen LogP contribution in [0.2, 0.25) is 0 Å². The summed E-state index contributed by atoms with van der Waals surface area (Å²) in [5.41, 5.74) is 0.459. The molecule has 1 aromatic heterocycles. The number of aryl methyl sites for hydroxylation is 1. The summed E-state index contributed by atoms with van der Waals surface area (Å²) < 4.78 is 17.3. The van der Waals surface area contributed by atoms with E-state index in [-0.39, 0.29) is 18.2 Å². The lowest BCUT2D eigenvalue weighted by atomic mass is 10.2. The second-order valence-corrected chi connectivity index (χ2v) is 5.82. The van der Waals surface area contributed by atoms with Crippen molar-refractivity contribution < 1.29 is 23.8 Å². The molecule has 1 aliphatic rings. The van der Waals surface area contributed by atoms with Gasteiger partial charge in [0.05, 0.1) is 27.8 Å². The fourth-order valence-corrected chi connectivity index (χ4v) is 2.84. The third-order valence-corrected chi connectivity index (χ3v) is 4.15. The molecule has 0 saturated carbocycles. The first-order chi connectivity index (χ1) is 13.0. The van der Waals surface area contributed by atoms with Crippen molar-refractivity contribution >= 4 is 23.5 Å². The van der Waals surface area contributed by atoms with Gasteiger partial charge in [0, 0.05) is 24.2 Å². The molecule has 0 saturated heterocycles. The number of aromatic nitrogens is 3. The number of hydrogen-bond acceptors (Lipinski definition) is 7. The molecule has 0 aliphatic carbocycles. The van der Waals surface area contributed by atoms with Crippen molar-refractivity contribution in [3.63, 3.8) is 0 Å². The van der Waals surface area contributed by atoms with Crippen LogP contribution in [0.25, 0.3) is 0 Å². The minimum absolute atomic E-state index is 0.0813. The van der Waals surface area contributed by atoms with E-state index < -0.39 is 6.04 Å². The predicted octanol–water partition coefficient (Wildman–Crippen LogP) is 1.39. The monoisotopic (exact) mass is 375 g/mol. The zero-order chi connectivity index (χ0) is 19.6. The van der Waals surface area contributed by atoms with Gasteiger partial charge >= 0.3 is 0 Å². The van der Waals surface area contributed by atoms with Gasteiger partial charge in [0.25, 0.3) is 5.91 Å². The highest BCUT2D eigenvalue weighted by molar-refractivity contribution is 6.01. The number of nitrogens with one attached hydrogen (secondary N) is 2. The normalized spacial score (nSPS) is 15.1. The number of carbonyl (C=O) groups is 2. The number of anilines is 2. The molecular formula is C17H21N5O5. The molecule has 2 aromatic rings. The Morgan fingerprint density at radius 3 is 2.44 bits per heavy atom. The number of ether oxygens (including phenoxy) is 3. The van der Waals surface area contributed by atoms with E-state index in [9.17, 15) is 9.59 Å². The Hall–Kier alpha value is -3.30. The van der Waals surface area contributed by atoms with Crippen LogP contribution in [0.4, 0.5) is 11.6 Å². The number of fused-ring (bicyclic) bond motifs is 1. The van der Waals surface area contributed by atoms with Gasteiger partial charge in [-0.1, -0.05) is 6.92 Å². The lowest BCUT2D eigenvalue weighted by molar-refractivity contribution is -0.123. The van der Waals surface area contributed by atoms with Crippen molar-refractivity contribution in [2.24, 2.45) is 0 Å². The molecule has 0 unspecified atom stereocenters. The molecule has 2 amide bonds. The Kier molecular flexibility index (Phi) is 5.15. The van der Waals surface area contributed by atoms with Crippen molar-refractivity contribution in [1.29, 1.82) is 0 Å². The molecule has 0 fully saturated rings. The zero-order valence-electron chi connectivity index (χ0n) is 15.5. The van der Waals surface area contributed by atoms with Gasteiger partial charge < -0.3 is 19.5 Å². The predicted molar refractivity (Wildman–Crippen MR) is 96.4 cm³/mol. The van der Waals surface area contributed by atoms with Gasteiger partial charge in [-0.3, -0.25) is 14.9 Å². The van der Waals surface area contributed by atoms with Crippen LogP contribution in [0, 0.1) is 0 Å². The van der Waals surface area contributed by atoms with Gasteiger partial charge in [0.15, 0.2) is 17.3 Å². The van der Waals surface area contributed by atoms with Crippen LogP contribution in [0.15, 0.2) is 12.1 Å². The summed E-state index contributed by atoms with van der Waals surface area (Å²) in [5.74, 6) is 1.56. The first-order valence-electron chi connectivity index (χ1n) is 8.36. The van der Waals surface area contributed by atoms with Gasteiger partial charge in [-0.2, -0.15) is 10.1 Å². The zero-order valence-corrected chi connectivity index (χ0v) is 15.5. The summed E-state index contributed by atoms with van der Waals surface area (Å²) in [7, 11) is 4.48. The quantitative estimate of drug-likeness (QED) is 0.751. The van der Waals surface area contributed by atoms with Crippen LogP contribution < -0.4 is 24.8 Å². The van der Waals surface area contributed by atoms with Crippen LogP contribution in [0.3, 0.4) is 0 Å². The number of rotatable bonds is 7. The average molecular weight is 375 g/mol. The minimum Gasteiger partial charge on any atom is -0.493 e. The molecule has 1 aliphatic heterocycles. The largest absolute Gasteiger partial charge is 0.493 e. The smallest absolute Gasteiger partial charge is 0.252 e. The van der Waals surface area contributed by atoms with Gasteiger partial charge in [-0.05, 0) is 0 Å². The van der Waals surface area contributed by atoms with Crippen LogP contribution in [-0.2, 0) is 16.0 Å². The number of hydrogen-bond donors (Lipinski definition) is 2. The summed E-state index contributed by atoms with van der Waals surface area (Å²) >= 11 is 0. The second-order valence-electron chi connectivity index (χ2n) is 5.82. The van der Waals surface area contributed by atoms with Gasteiger partial charge in [-0.15, -0.1) is 0 Å². The third kappa shape index (κ3) is 3.50. The van der Waals surface area contributed by atoms with E-state index in [2.05, 4.69) is 20.7 Å². The van der Waals surface area contributed by atoms with Gasteiger partial charge in [0.1, 0.15) is 6.04 Å². The lowest BCUT2D eigenvalue weighted by Crippen LogP contribution is -2.24. The summed E-state index contributed by atoms with van der Waals surface area (Å²) in [6, 6.07) is 2.49. The summed E-state index contributed by atoms with van der Waals surface area (Å²) in [5, 5.41) is 9.65. The van der Waals surface area contributed by atoms with Gasteiger partial charge in [0.2, 0.25) is 17.6 Å². The van der Waals surface area contributed by atoms with E-state index in [4.69, 9.17) is 14.2 Å². The summed E-state index contributed by atoms with van der Waals surface area (Å²) in [6.07, 6.45) is 0.558. The van der Waals surface area contributed by atoms with Crippen molar-refractivity contribution in [3.8, 4) is 17.2 Å². The number of carbonyl (C=O) groups excluding carboxylic acids is 2. The highest BCUT2D eigenvalue weighted by Gasteiger charge is 2.34. The second kappa shape index (κ2) is 7.52. The highest BCUT2D eigenvalue weighted by Crippen LogP contribution is 2.40. The number of amides is 2. The summed E-state index contributed by atoms with van der Waals surface area (Å²) in [4.78, 5) is 28.8. The van der Waals surface area contributed by atoms with E-state index in [0.717, 1.165) is 0 Å². The molecule has 2 heterocycles. The Bertz CT molecular complexity index is 854. The first-order valence-corrected chi connectivity index (χ1v) is 8.36. The van der Waals surface area contributed by atoms with Crippen molar-refractivity contribution in [3.05, 3.63) is 18.0 Å². The average Bonchev–Trinajstić information content (AvgIpc) is 3.18. The van der Waals surface area contributed by atoms with Crippen LogP contribution >= 0.6 is 0 Å². The Morgan fingerprint density at radius 1 is 1.22 bits per heavy atom. The van der Waals surface area contributed by atoms with E-state index in [1.807, 2.05) is 6.92 Å². The summed E-state index contributed by atoms with van der Waals surface area (Å²) in [6.45, 7) is 1.92. The van der Waals surface area contributed by atoms with Crippen LogP contribution in [0.1, 0.15) is 25.2 Å². The SMILES string of the molecule is CCc1nc2n(n1)[C@@H](CC(=O)Nc1cc(OC)c(OC)c(OC)c1)C(=O)N2. The van der Waals surface area contributed by atoms with Crippen molar-refractivity contribution in [1.82, 2.24) is 14.8 Å². The van der Waals surface area contributed by atoms with Crippen molar-refractivity contribution in [2.45, 2.75) is 25.8 Å². The standard InChI is InChI=1S/C17H21N5O5/c1-5-13-19-17-20-16(24)10(22(17)21-13)8-14(23)18-9-6-11(25-2)15(27-4)12(7-9)26-3/h6-7,10H,5,8H2,1-4H3,(H,18,23)(H,19,20,21,24)/t10-/m0/s1.